The van der Waals surface area contributed by atoms with E-state index in [-0.39, 0.29) is 0 Å². The summed E-state index contributed by atoms with van der Waals surface area (Å²) >= 11 is 0. The lowest BCUT2D eigenvalue weighted by molar-refractivity contribution is 0.0474. The number of carbonyl (C=O) groups excluding carboxylic acids is 1. The van der Waals surface area contributed by atoms with Gasteiger partial charge in [0.1, 0.15) is 11.4 Å². The number of aromatic nitrogens is 1. The van der Waals surface area contributed by atoms with Crippen molar-refractivity contribution >= 4 is 17.9 Å². The van der Waals surface area contributed by atoms with Gasteiger partial charge >= 0.3 is 6.09 Å². The van der Waals surface area contributed by atoms with Crippen LogP contribution in [0.3, 0.4) is 0 Å². The van der Waals surface area contributed by atoms with Crippen molar-refractivity contribution in [2.24, 2.45) is 4.99 Å². The Kier molecular flexibility index (Phi) is 9.20. The van der Waals surface area contributed by atoms with E-state index in [1.165, 1.54) is 0 Å². The van der Waals surface area contributed by atoms with Crippen LogP contribution in [0.4, 0.5) is 10.6 Å². The largest absolute Gasteiger partial charge is 0.444 e. The molecule has 1 heterocycles. The summed E-state index contributed by atoms with van der Waals surface area (Å²) in [5.74, 6) is 1.63. The summed E-state index contributed by atoms with van der Waals surface area (Å²) in [6, 6.07) is 4.10. The van der Waals surface area contributed by atoms with Crippen molar-refractivity contribution < 1.29 is 9.53 Å². The minimum Gasteiger partial charge on any atom is -0.444 e. The maximum absolute atomic E-state index is 12.0. The highest BCUT2D eigenvalue weighted by Gasteiger charge is 2.24. The van der Waals surface area contributed by atoms with Crippen LogP contribution in [0.15, 0.2) is 23.3 Å². The Hall–Kier alpha value is -2.51. The van der Waals surface area contributed by atoms with Gasteiger partial charge in [0.25, 0.3) is 0 Å². The van der Waals surface area contributed by atoms with Gasteiger partial charge < -0.3 is 25.6 Å². The number of guanidine groups is 1. The third kappa shape index (κ3) is 9.49. The number of amides is 1. The van der Waals surface area contributed by atoms with Gasteiger partial charge in [-0.2, -0.15) is 0 Å². The number of alkyl carbamates (subject to hydrolysis) is 1. The molecule has 8 heteroatoms. The molecule has 0 spiro atoms. The Labute approximate surface area is 175 Å². The second-order valence-corrected chi connectivity index (χ2v) is 8.49. The van der Waals surface area contributed by atoms with Crippen LogP contribution >= 0.6 is 0 Å². The van der Waals surface area contributed by atoms with Crippen molar-refractivity contribution in [3.8, 4) is 0 Å². The van der Waals surface area contributed by atoms with E-state index in [9.17, 15) is 4.79 Å². The molecule has 0 atom stereocenters. The lowest BCUT2D eigenvalue weighted by Gasteiger charge is -2.29. The summed E-state index contributed by atoms with van der Waals surface area (Å²) in [4.78, 5) is 23.0. The maximum atomic E-state index is 12.0. The topological polar surface area (TPSA) is 90.9 Å². The van der Waals surface area contributed by atoms with Crippen LogP contribution < -0.4 is 20.9 Å². The van der Waals surface area contributed by atoms with E-state index in [1.54, 1.807) is 7.05 Å². The summed E-state index contributed by atoms with van der Waals surface area (Å²) in [6.07, 6.45) is 1.44. The van der Waals surface area contributed by atoms with Crippen molar-refractivity contribution in [3.63, 3.8) is 0 Å². The lowest BCUT2D eigenvalue weighted by atomic mass is 10.1. The fourth-order valence-electron chi connectivity index (χ4n) is 2.59. The number of hydrogen-bond acceptors (Lipinski definition) is 5. The van der Waals surface area contributed by atoms with Crippen molar-refractivity contribution in [2.75, 3.05) is 31.6 Å². The van der Waals surface area contributed by atoms with Crippen molar-refractivity contribution in [2.45, 2.75) is 66.2 Å². The van der Waals surface area contributed by atoms with E-state index < -0.39 is 17.2 Å². The molecule has 0 radical (unpaired) electrons. The van der Waals surface area contributed by atoms with Crippen LogP contribution in [0, 0.1) is 0 Å². The molecule has 29 heavy (non-hydrogen) atoms. The van der Waals surface area contributed by atoms with Gasteiger partial charge in [-0.25, -0.2) is 9.78 Å². The summed E-state index contributed by atoms with van der Waals surface area (Å²) in [6.45, 7) is 16.6. The molecule has 0 unspecified atom stereocenters. The van der Waals surface area contributed by atoms with Crippen molar-refractivity contribution in [1.82, 2.24) is 20.9 Å². The second-order valence-electron chi connectivity index (χ2n) is 8.49. The molecule has 3 N–H and O–H groups in total. The third-order valence-electron chi connectivity index (χ3n) is 4.12. The molecule has 0 fully saturated rings. The Bertz CT molecular complexity index is 661. The quantitative estimate of drug-likeness (QED) is 0.454. The molecule has 0 aliphatic rings. The summed E-state index contributed by atoms with van der Waals surface area (Å²) in [5.41, 5.74) is 0.0301. The van der Waals surface area contributed by atoms with Crippen LogP contribution in [0.5, 0.6) is 0 Å². The average molecular weight is 407 g/mol. The highest BCUT2D eigenvalue weighted by Crippen LogP contribution is 2.11. The smallest absolute Gasteiger partial charge is 0.408 e. The van der Waals surface area contributed by atoms with Crippen LogP contribution in [-0.4, -0.2) is 54.9 Å². The van der Waals surface area contributed by atoms with E-state index >= 15 is 0 Å². The van der Waals surface area contributed by atoms with Gasteiger partial charge in [-0.1, -0.05) is 6.07 Å². The number of nitrogens with one attached hydrogen (secondary N) is 3. The summed E-state index contributed by atoms with van der Waals surface area (Å²) in [7, 11) is 1.71. The van der Waals surface area contributed by atoms with Crippen LogP contribution in [-0.2, 0) is 11.3 Å². The van der Waals surface area contributed by atoms with Crippen LogP contribution in [0.1, 0.15) is 54.0 Å². The molecule has 0 saturated heterocycles. The Morgan fingerprint density at radius 3 is 2.28 bits per heavy atom. The first kappa shape index (κ1) is 24.5. The predicted molar refractivity (Wildman–Crippen MR) is 119 cm³/mol. The zero-order valence-corrected chi connectivity index (χ0v) is 19.2. The highest BCUT2D eigenvalue weighted by molar-refractivity contribution is 5.79. The molecule has 164 valence electrons. The summed E-state index contributed by atoms with van der Waals surface area (Å²) in [5, 5.41) is 9.38. The molecular formula is C21H38N6O2. The van der Waals surface area contributed by atoms with E-state index in [4.69, 9.17) is 4.74 Å². The second kappa shape index (κ2) is 10.9. The molecular weight excluding hydrogens is 368 g/mol. The van der Waals surface area contributed by atoms with Gasteiger partial charge in [0.2, 0.25) is 0 Å². The first-order valence-corrected chi connectivity index (χ1v) is 10.1. The first-order valence-electron chi connectivity index (χ1n) is 10.1. The van der Waals surface area contributed by atoms with Gasteiger partial charge in [0, 0.05) is 39.4 Å². The average Bonchev–Trinajstić information content (AvgIpc) is 2.61. The van der Waals surface area contributed by atoms with Gasteiger partial charge in [-0.3, -0.25) is 4.99 Å². The van der Waals surface area contributed by atoms with Gasteiger partial charge in [-0.05, 0) is 60.1 Å². The van der Waals surface area contributed by atoms with Crippen LogP contribution in [0.25, 0.3) is 0 Å². The number of pyridine rings is 1. The predicted octanol–water partition coefficient (Wildman–Crippen LogP) is 2.90. The third-order valence-corrected chi connectivity index (χ3v) is 4.12. The van der Waals surface area contributed by atoms with Crippen molar-refractivity contribution in [3.05, 3.63) is 23.9 Å². The highest BCUT2D eigenvalue weighted by atomic mass is 16.6. The van der Waals surface area contributed by atoms with Crippen molar-refractivity contribution in [1.29, 1.82) is 0 Å². The number of ether oxygens (including phenoxy) is 1. The van der Waals surface area contributed by atoms with Gasteiger partial charge in [0.05, 0.1) is 5.54 Å². The van der Waals surface area contributed by atoms with E-state index in [2.05, 4.69) is 50.7 Å². The molecule has 0 saturated carbocycles. The SMILES string of the molecule is CCN(CC)c1ccc(CNC(=NC)NCC(C)(C)NC(=O)OC(C)(C)C)cn1. The zero-order chi connectivity index (χ0) is 22.1. The molecule has 0 aromatic carbocycles. The molecule has 0 aliphatic carbocycles. The standard InChI is InChI=1S/C21H38N6O2/c1-9-27(10-2)17-12-11-16(13-23-17)14-24-18(22-8)25-15-21(6,7)26-19(28)29-20(3,4)5/h11-13H,9-10,14-15H2,1-8H3,(H,26,28)(H2,22,24,25). The van der Waals surface area contributed by atoms with E-state index in [0.29, 0.717) is 19.0 Å². The molecule has 1 aromatic heterocycles. The molecule has 0 aliphatic heterocycles. The van der Waals surface area contributed by atoms with Crippen LogP contribution in [0.2, 0.25) is 0 Å². The molecule has 8 nitrogen and oxygen atoms in total. The molecule has 0 bridgehead atoms. The van der Waals surface area contributed by atoms with Gasteiger partial charge in [0.15, 0.2) is 5.96 Å². The fraction of sp³-hybridized carbons (Fsp3) is 0.667. The zero-order valence-electron chi connectivity index (χ0n) is 19.2. The Balaban J connectivity index is 2.53. The number of nitrogens with zero attached hydrogens (tertiary/aromatic N) is 3. The number of rotatable bonds is 8. The van der Waals surface area contributed by atoms with E-state index in [0.717, 1.165) is 24.5 Å². The van der Waals surface area contributed by atoms with E-state index in [1.807, 2.05) is 46.9 Å². The Morgan fingerprint density at radius 2 is 1.79 bits per heavy atom. The molecule has 1 aromatic rings. The minimum atomic E-state index is -0.528. The first-order chi connectivity index (χ1) is 13.5. The maximum Gasteiger partial charge on any atom is 0.408 e. The number of aliphatic imine (C=N–C) groups is 1. The Morgan fingerprint density at radius 1 is 1.14 bits per heavy atom. The number of hydrogen-bond donors (Lipinski definition) is 3. The summed E-state index contributed by atoms with van der Waals surface area (Å²) < 4.78 is 5.32. The normalized spacial score (nSPS) is 12.3. The van der Waals surface area contributed by atoms with Gasteiger partial charge in [-0.15, -0.1) is 0 Å². The number of anilines is 1. The lowest BCUT2D eigenvalue weighted by Crippen LogP contribution is -2.54. The number of carbonyl (C=O) groups is 1. The molecule has 1 amide bonds. The fourth-order valence-corrected chi connectivity index (χ4v) is 2.59. The molecule has 1 rings (SSSR count). The monoisotopic (exact) mass is 406 g/mol. The minimum absolute atomic E-state index is 0.438.